The Balaban J connectivity index is 1.45. The molecular weight excluding hydrogens is 416 g/mol. The van der Waals surface area contributed by atoms with E-state index in [1.165, 1.54) is 9.80 Å². The number of thioether (sulfide) groups is 1. The zero-order chi connectivity index (χ0) is 20.1. The van der Waals surface area contributed by atoms with Gasteiger partial charge >= 0.3 is 0 Å². The summed E-state index contributed by atoms with van der Waals surface area (Å²) < 4.78 is 0. The van der Waals surface area contributed by atoms with Crippen molar-refractivity contribution >= 4 is 40.9 Å². The molecule has 0 heterocycles. The van der Waals surface area contributed by atoms with Gasteiger partial charge in [-0.3, -0.25) is 4.79 Å². The molecule has 0 N–H and O–H groups in total. The summed E-state index contributed by atoms with van der Waals surface area (Å²) in [6.07, 6.45) is 8.95. The van der Waals surface area contributed by atoms with Crippen LogP contribution in [0.2, 0.25) is 5.02 Å². The van der Waals surface area contributed by atoms with Crippen molar-refractivity contribution in [1.29, 1.82) is 0 Å². The Morgan fingerprint density at radius 2 is 1.52 bits per heavy atom. The lowest BCUT2D eigenvalue weighted by Crippen LogP contribution is -2.00. The molecule has 0 aliphatic heterocycles. The number of benzene rings is 3. The first kappa shape index (κ1) is 20.1. The summed E-state index contributed by atoms with van der Waals surface area (Å²) in [7, 11) is 0. The molecule has 0 saturated heterocycles. The van der Waals surface area contributed by atoms with Gasteiger partial charge in [0.25, 0.3) is 0 Å². The predicted molar refractivity (Wildman–Crippen MR) is 124 cm³/mol. The van der Waals surface area contributed by atoms with Crippen LogP contribution < -0.4 is 0 Å². The van der Waals surface area contributed by atoms with E-state index in [9.17, 15) is 4.79 Å². The molecule has 0 fully saturated rings. The van der Waals surface area contributed by atoms with E-state index in [2.05, 4.69) is 42.5 Å². The van der Waals surface area contributed by atoms with Gasteiger partial charge in [-0.2, -0.15) is 0 Å². The highest BCUT2D eigenvalue weighted by atomic mass is 35.5. The number of halogens is 1. The summed E-state index contributed by atoms with van der Waals surface area (Å²) in [5.74, 6) is -0.0171. The van der Waals surface area contributed by atoms with E-state index < -0.39 is 0 Å². The van der Waals surface area contributed by atoms with Crippen LogP contribution in [0.25, 0.3) is 0 Å². The summed E-state index contributed by atoms with van der Waals surface area (Å²) in [5.41, 5.74) is 1.27. The number of carbonyl (C=O) groups is 1. The normalized spacial score (nSPS) is 13.2. The minimum Gasteiger partial charge on any atom is -0.289 e. The van der Waals surface area contributed by atoms with Crippen molar-refractivity contribution in [2.75, 3.05) is 0 Å². The van der Waals surface area contributed by atoms with Gasteiger partial charge in [-0.05, 0) is 55.3 Å². The number of hydrogen-bond acceptors (Lipinski definition) is 3. The highest BCUT2D eigenvalue weighted by molar-refractivity contribution is 8.03. The Kier molecular flexibility index (Phi) is 6.60. The highest BCUT2D eigenvalue weighted by Gasteiger charge is 2.12. The summed E-state index contributed by atoms with van der Waals surface area (Å²) >= 11 is 9.87. The standard InChI is InChI=1S/C25H19ClOS2/c26-23-17-19(25(27)18-7-3-1-4-8-18)11-16-24(23)29-22-14-12-21(13-15-22)28-20-9-5-2-6-10-20/h1,3-5,7-17H,2,6H2. The summed E-state index contributed by atoms with van der Waals surface area (Å²) in [5, 5.41) is 0.590. The second-order valence-corrected chi connectivity index (χ2v) is 9.27. The Hall–Kier alpha value is -2.20. The number of carbonyl (C=O) groups excluding carboxylic acids is 1. The molecule has 0 bridgehead atoms. The molecule has 0 saturated carbocycles. The van der Waals surface area contributed by atoms with Crippen molar-refractivity contribution in [2.45, 2.75) is 27.5 Å². The van der Waals surface area contributed by atoms with Crippen LogP contribution >= 0.6 is 35.1 Å². The Labute approximate surface area is 184 Å². The Bertz CT molecular complexity index is 1070. The largest absolute Gasteiger partial charge is 0.289 e. The van der Waals surface area contributed by atoms with Crippen LogP contribution in [0.4, 0.5) is 0 Å². The van der Waals surface area contributed by atoms with Crippen LogP contribution in [0.1, 0.15) is 28.8 Å². The van der Waals surface area contributed by atoms with Gasteiger partial charge in [0.05, 0.1) is 5.02 Å². The molecule has 0 aromatic heterocycles. The lowest BCUT2D eigenvalue weighted by molar-refractivity contribution is 0.103. The second kappa shape index (κ2) is 9.53. The molecule has 4 heteroatoms. The van der Waals surface area contributed by atoms with Crippen LogP contribution in [-0.4, -0.2) is 5.78 Å². The minimum absolute atomic E-state index is 0.0171. The molecule has 0 atom stereocenters. The third-order valence-corrected chi connectivity index (χ3v) is 7.03. The van der Waals surface area contributed by atoms with Crippen molar-refractivity contribution in [2.24, 2.45) is 0 Å². The van der Waals surface area contributed by atoms with Gasteiger partial charge in [0.2, 0.25) is 0 Å². The van der Waals surface area contributed by atoms with E-state index >= 15 is 0 Å². The van der Waals surface area contributed by atoms with Gasteiger partial charge in [-0.25, -0.2) is 0 Å². The quantitative estimate of drug-likeness (QED) is 0.365. The topological polar surface area (TPSA) is 17.1 Å². The van der Waals surface area contributed by atoms with E-state index in [0.29, 0.717) is 16.1 Å². The smallest absolute Gasteiger partial charge is 0.193 e. The van der Waals surface area contributed by atoms with Crippen molar-refractivity contribution < 1.29 is 4.79 Å². The SMILES string of the molecule is O=C(c1ccccc1)c1ccc(Sc2ccc(SC3=CCCC=C3)cc2)c(Cl)c1. The second-order valence-electron chi connectivity index (χ2n) is 6.60. The average molecular weight is 435 g/mol. The summed E-state index contributed by atoms with van der Waals surface area (Å²) in [6, 6.07) is 23.3. The Morgan fingerprint density at radius 3 is 2.17 bits per heavy atom. The molecule has 0 radical (unpaired) electrons. The summed E-state index contributed by atoms with van der Waals surface area (Å²) in [4.78, 5) is 17.2. The number of hydrogen-bond donors (Lipinski definition) is 0. The molecule has 0 unspecified atom stereocenters. The molecule has 144 valence electrons. The fourth-order valence-corrected chi connectivity index (χ4v) is 5.01. The molecule has 1 nitrogen and oxygen atoms in total. The molecule has 1 aliphatic carbocycles. The highest BCUT2D eigenvalue weighted by Crippen LogP contribution is 2.36. The van der Waals surface area contributed by atoms with E-state index in [0.717, 1.165) is 22.6 Å². The maximum Gasteiger partial charge on any atom is 0.193 e. The van der Waals surface area contributed by atoms with Crippen LogP contribution in [0.3, 0.4) is 0 Å². The fraction of sp³-hybridized carbons (Fsp3) is 0.0800. The lowest BCUT2D eigenvalue weighted by Gasteiger charge is -2.09. The first-order valence-corrected chi connectivity index (χ1v) is 11.4. The molecule has 3 aromatic rings. The van der Waals surface area contributed by atoms with E-state index in [4.69, 9.17) is 11.6 Å². The molecule has 0 amide bonds. The lowest BCUT2D eigenvalue weighted by atomic mass is 10.0. The third kappa shape index (κ3) is 5.24. The molecule has 4 rings (SSSR count). The number of ketones is 1. The number of allylic oxidation sites excluding steroid dienone is 3. The van der Waals surface area contributed by atoms with Crippen molar-refractivity contribution in [3.63, 3.8) is 0 Å². The van der Waals surface area contributed by atoms with Gasteiger partial charge in [0.15, 0.2) is 5.78 Å². The van der Waals surface area contributed by atoms with Gasteiger partial charge in [0.1, 0.15) is 0 Å². The first-order chi connectivity index (χ1) is 14.2. The van der Waals surface area contributed by atoms with Crippen LogP contribution in [-0.2, 0) is 0 Å². The average Bonchev–Trinajstić information content (AvgIpc) is 2.77. The molecule has 0 spiro atoms. The molecular formula is C25H19ClOS2. The van der Waals surface area contributed by atoms with Gasteiger partial charge in [0, 0.05) is 30.7 Å². The zero-order valence-electron chi connectivity index (χ0n) is 15.7. The van der Waals surface area contributed by atoms with Crippen molar-refractivity contribution in [1.82, 2.24) is 0 Å². The maximum absolute atomic E-state index is 12.6. The fourth-order valence-electron chi connectivity index (χ4n) is 2.98. The van der Waals surface area contributed by atoms with E-state index in [1.54, 1.807) is 29.6 Å². The Morgan fingerprint density at radius 1 is 0.793 bits per heavy atom. The zero-order valence-corrected chi connectivity index (χ0v) is 18.1. The van der Waals surface area contributed by atoms with Gasteiger partial charge in [-0.1, -0.05) is 83.7 Å². The molecule has 29 heavy (non-hydrogen) atoms. The predicted octanol–water partition coefficient (Wildman–Crippen LogP) is 8.05. The van der Waals surface area contributed by atoms with Crippen molar-refractivity contribution in [3.05, 3.63) is 112 Å². The summed E-state index contributed by atoms with van der Waals surface area (Å²) in [6.45, 7) is 0. The van der Waals surface area contributed by atoms with Crippen LogP contribution in [0.15, 0.2) is 111 Å². The van der Waals surface area contributed by atoms with Gasteiger partial charge in [-0.15, -0.1) is 0 Å². The van der Waals surface area contributed by atoms with Crippen LogP contribution in [0, 0.1) is 0 Å². The van der Waals surface area contributed by atoms with Crippen LogP contribution in [0.5, 0.6) is 0 Å². The van der Waals surface area contributed by atoms with E-state index in [1.807, 2.05) is 42.5 Å². The van der Waals surface area contributed by atoms with Gasteiger partial charge < -0.3 is 0 Å². The van der Waals surface area contributed by atoms with Crippen molar-refractivity contribution in [3.8, 4) is 0 Å². The molecule has 1 aliphatic rings. The first-order valence-electron chi connectivity index (χ1n) is 9.41. The number of rotatable bonds is 6. The maximum atomic E-state index is 12.6. The monoisotopic (exact) mass is 434 g/mol. The third-order valence-electron chi connectivity index (χ3n) is 4.48. The minimum atomic E-state index is -0.0171. The van der Waals surface area contributed by atoms with E-state index in [-0.39, 0.29) is 5.78 Å². The molecule has 3 aromatic carbocycles.